The maximum atomic E-state index is 2.43. The molecular weight excluding hydrogens is 637 g/mol. The van der Waals surface area contributed by atoms with Crippen LogP contribution in [0.15, 0.2) is 182 Å². The van der Waals surface area contributed by atoms with Crippen molar-refractivity contribution >= 4 is 75.1 Å². The van der Waals surface area contributed by atoms with Crippen molar-refractivity contribution in [3.05, 3.63) is 182 Å². The van der Waals surface area contributed by atoms with Gasteiger partial charge in [-0.3, -0.25) is 0 Å². The Morgan fingerprint density at radius 2 is 0.902 bits per heavy atom. The zero-order chi connectivity index (χ0) is 33.5. The summed E-state index contributed by atoms with van der Waals surface area (Å²) in [5.41, 5.74) is 12.1. The van der Waals surface area contributed by atoms with Crippen molar-refractivity contribution in [1.82, 2.24) is 9.13 Å². The Labute approximate surface area is 298 Å². The van der Waals surface area contributed by atoms with Gasteiger partial charge in [0.2, 0.25) is 0 Å². The summed E-state index contributed by atoms with van der Waals surface area (Å²) in [6, 6.07) is 66.6. The van der Waals surface area contributed by atoms with E-state index in [9.17, 15) is 0 Å². The van der Waals surface area contributed by atoms with Gasteiger partial charge in [-0.1, -0.05) is 127 Å². The fraction of sp³-hybridized carbons (Fsp3) is 0. The summed E-state index contributed by atoms with van der Waals surface area (Å²) in [5.74, 6) is 0. The maximum absolute atomic E-state index is 2.43. The van der Waals surface area contributed by atoms with Crippen LogP contribution in [0.1, 0.15) is 0 Å². The van der Waals surface area contributed by atoms with E-state index in [1.807, 2.05) is 11.3 Å². The average molecular weight is 667 g/mol. The summed E-state index contributed by atoms with van der Waals surface area (Å²) in [5, 5.41) is 7.72. The molecule has 0 saturated heterocycles. The van der Waals surface area contributed by atoms with Crippen LogP contribution in [0.4, 0.5) is 0 Å². The number of hydrogen-bond donors (Lipinski definition) is 0. The summed E-state index contributed by atoms with van der Waals surface area (Å²) in [6.07, 6.45) is 0. The number of hydrogen-bond acceptors (Lipinski definition) is 1. The SMILES string of the molecule is c1ccc(-n2c3ccccc3c3ccc(-c4cccc5c4c4ccccc4n5-c4ccc(-c5cccc6c5sc5ccccc56)cc4)cc32)cc1. The third kappa shape index (κ3) is 4.22. The van der Waals surface area contributed by atoms with Crippen LogP contribution < -0.4 is 0 Å². The summed E-state index contributed by atoms with van der Waals surface area (Å²) in [6.45, 7) is 0. The summed E-state index contributed by atoms with van der Waals surface area (Å²) in [4.78, 5) is 0. The minimum atomic E-state index is 1.16. The lowest BCUT2D eigenvalue weighted by atomic mass is 9.98. The first-order valence-corrected chi connectivity index (χ1v) is 18.3. The van der Waals surface area contributed by atoms with Crippen molar-refractivity contribution in [2.45, 2.75) is 0 Å². The summed E-state index contributed by atoms with van der Waals surface area (Å²) < 4.78 is 7.50. The first-order valence-electron chi connectivity index (χ1n) is 17.4. The van der Waals surface area contributed by atoms with Gasteiger partial charge in [-0.15, -0.1) is 11.3 Å². The molecule has 0 bridgehead atoms. The fourth-order valence-electron chi connectivity index (χ4n) is 8.30. The Hall–Kier alpha value is -6.42. The zero-order valence-electron chi connectivity index (χ0n) is 27.6. The lowest BCUT2D eigenvalue weighted by Crippen LogP contribution is -1.94. The largest absolute Gasteiger partial charge is 0.309 e. The van der Waals surface area contributed by atoms with Gasteiger partial charge in [0.25, 0.3) is 0 Å². The summed E-state index contributed by atoms with van der Waals surface area (Å²) in [7, 11) is 0. The highest BCUT2D eigenvalue weighted by Gasteiger charge is 2.19. The third-order valence-electron chi connectivity index (χ3n) is 10.5. The Kier molecular flexibility index (Phi) is 6.16. The molecule has 0 amide bonds. The van der Waals surface area contributed by atoms with E-state index in [1.54, 1.807) is 0 Å². The zero-order valence-corrected chi connectivity index (χ0v) is 28.4. The molecule has 0 radical (unpaired) electrons. The summed E-state index contributed by atoms with van der Waals surface area (Å²) >= 11 is 1.88. The Balaban J connectivity index is 1.09. The number of aromatic nitrogens is 2. The van der Waals surface area contributed by atoms with Gasteiger partial charge in [-0.05, 0) is 76.9 Å². The topological polar surface area (TPSA) is 9.86 Å². The minimum absolute atomic E-state index is 1.16. The van der Waals surface area contributed by atoms with Gasteiger partial charge in [-0.2, -0.15) is 0 Å². The van der Waals surface area contributed by atoms with E-state index in [1.165, 1.54) is 91.7 Å². The number of para-hydroxylation sites is 3. The Morgan fingerprint density at radius 1 is 0.333 bits per heavy atom. The lowest BCUT2D eigenvalue weighted by molar-refractivity contribution is 1.18. The van der Waals surface area contributed by atoms with E-state index in [4.69, 9.17) is 0 Å². The van der Waals surface area contributed by atoms with Crippen LogP contribution in [0.25, 0.3) is 97.4 Å². The molecule has 11 rings (SSSR count). The number of nitrogens with zero attached hydrogens (tertiary/aromatic N) is 2. The number of fused-ring (bicyclic) bond motifs is 9. The van der Waals surface area contributed by atoms with Gasteiger partial charge >= 0.3 is 0 Å². The highest BCUT2D eigenvalue weighted by Crippen LogP contribution is 2.43. The average Bonchev–Trinajstić information content (AvgIpc) is 3.86. The second-order valence-corrected chi connectivity index (χ2v) is 14.4. The molecule has 0 aliphatic carbocycles. The molecule has 0 atom stereocenters. The molecule has 3 heteroatoms. The van der Waals surface area contributed by atoms with Gasteiger partial charge < -0.3 is 9.13 Å². The number of benzene rings is 8. The number of rotatable bonds is 4. The molecule has 0 N–H and O–H groups in total. The van der Waals surface area contributed by atoms with Crippen LogP contribution in [-0.2, 0) is 0 Å². The molecular formula is C48H30N2S. The second kappa shape index (κ2) is 11.0. The van der Waals surface area contributed by atoms with Crippen molar-refractivity contribution in [1.29, 1.82) is 0 Å². The van der Waals surface area contributed by atoms with E-state index in [2.05, 4.69) is 191 Å². The molecule has 3 aromatic heterocycles. The number of thiophene rings is 1. The molecule has 51 heavy (non-hydrogen) atoms. The van der Waals surface area contributed by atoms with Crippen LogP contribution in [-0.4, -0.2) is 9.13 Å². The molecule has 0 saturated carbocycles. The van der Waals surface area contributed by atoms with Gasteiger partial charge in [0.05, 0.1) is 22.1 Å². The first-order chi connectivity index (χ1) is 25.3. The monoisotopic (exact) mass is 666 g/mol. The van der Waals surface area contributed by atoms with Crippen LogP contribution in [0.3, 0.4) is 0 Å². The highest BCUT2D eigenvalue weighted by molar-refractivity contribution is 7.26. The van der Waals surface area contributed by atoms with Crippen molar-refractivity contribution in [2.75, 3.05) is 0 Å². The molecule has 238 valence electrons. The molecule has 0 fully saturated rings. The fourth-order valence-corrected chi connectivity index (χ4v) is 9.53. The van der Waals surface area contributed by atoms with Crippen LogP contribution >= 0.6 is 11.3 Å². The van der Waals surface area contributed by atoms with Crippen molar-refractivity contribution in [3.63, 3.8) is 0 Å². The normalized spacial score (nSPS) is 11.9. The van der Waals surface area contributed by atoms with Crippen LogP contribution in [0.2, 0.25) is 0 Å². The molecule has 0 aliphatic heterocycles. The minimum Gasteiger partial charge on any atom is -0.309 e. The van der Waals surface area contributed by atoms with E-state index >= 15 is 0 Å². The molecule has 2 nitrogen and oxygen atoms in total. The molecule has 11 aromatic rings. The van der Waals surface area contributed by atoms with Crippen LogP contribution in [0.5, 0.6) is 0 Å². The predicted octanol–water partition coefficient (Wildman–Crippen LogP) is 13.6. The molecule has 0 spiro atoms. The highest BCUT2D eigenvalue weighted by atomic mass is 32.1. The standard InChI is InChI=1S/C48H30N2S/c1-2-12-33(13-3-1)50-42-20-7-4-14-37(42)38-29-26-32(30-45(38)50)35-17-11-22-44-47(35)41-16-5-8-21-43(41)49(44)34-27-24-31(25-28-34)36-18-10-19-40-39-15-6-9-23-46(39)51-48(36)40/h1-30H. The Bertz CT molecular complexity index is 3120. The molecule has 3 heterocycles. The molecule has 8 aromatic carbocycles. The lowest BCUT2D eigenvalue weighted by Gasteiger charge is -2.11. The predicted molar refractivity (Wildman–Crippen MR) is 219 cm³/mol. The smallest absolute Gasteiger partial charge is 0.0547 e. The van der Waals surface area contributed by atoms with Gasteiger partial charge in [-0.25, -0.2) is 0 Å². The van der Waals surface area contributed by atoms with E-state index < -0.39 is 0 Å². The van der Waals surface area contributed by atoms with Gasteiger partial charge in [0.1, 0.15) is 0 Å². The van der Waals surface area contributed by atoms with E-state index in [0.29, 0.717) is 0 Å². The quantitative estimate of drug-likeness (QED) is 0.177. The van der Waals surface area contributed by atoms with Crippen molar-refractivity contribution in [3.8, 4) is 33.6 Å². The van der Waals surface area contributed by atoms with Gasteiger partial charge in [0.15, 0.2) is 0 Å². The molecule has 0 unspecified atom stereocenters. The first kappa shape index (κ1) is 28.4. The van der Waals surface area contributed by atoms with Crippen LogP contribution in [0, 0.1) is 0 Å². The maximum Gasteiger partial charge on any atom is 0.0547 e. The van der Waals surface area contributed by atoms with Crippen molar-refractivity contribution < 1.29 is 0 Å². The van der Waals surface area contributed by atoms with E-state index in [-0.39, 0.29) is 0 Å². The van der Waals surface area contributed by atoms with E-state index in [0.717, 1.165) is 5.69 Å². The third-order valence-corrected chi connectivity index (χ3v) is 11.8. The Morgan fingerprint density at radius 3 is 1.75 bits per heavy atom. The molecule has 0 aliphatic rings. The second-order valence-electron chi connectivity index (χ2n) is 13.3. The van der Waals surface area contributed by atoms with Crippen molar-refractivity contribution in [2.24, 2.45) is 0 Å². The van der Waals surface area contributed by atoms with Gasteiger partial charge in [0, 0.05) is 53.1 Å².